The monoisotopic (exact) mass is 253 g/mol. The molecular formula is C14H11N3S. The lowest BCUT2D eigenvalue weighted by Crippen LogP contribution is -1.94. The molecule has 1 aromatic carbocycles. The molecule has 88 valence electrons. The fourth-order valence-electron chi connectivity index (χ4n) is 2.36. The van der Waals surface area contributed by atoms with Crippen LogP contribution < -0.4 is 0 Å². The molecule has 1 N–H and O–H groups in total. The Morgan fingerprint density at radius 2 is 2.17 bits per heavy atom. The SMILES string of the molecule is c1ccc2c(c1)CC(c1nc3ccncc3[nH]1)S2. The van der Waals surface area contributed by atoms with E-state index in [0.717, 1.165) is 23.3 Å². The number of nitrogens with one attached hydrogen (secondary N) is 1. The van der Waals surface area contributed by atoms with E-state index in [9.17, 15) is 0 Å². The first-order valence-corrected chi connectivity index (χ1v) is 6.82. The summed E-state index contributed by atoms with van der Waals surface area (Å²) < 4.78 is 0. The lowest BCUT2D eigenvalue weighted by Gasteiger charge is -2.02. The third-order valence-electron chi connectivity index (χ3n) is 3.25. The molecule has 0 fully saturated rings. The van der Waals surface area contributed by atoms with E-state index in [1.807, 2.05) is 24.0 Å². The number of aromatic nitrogens is 3. The van der Waals surface area contributed by atoms with E-state index in [0.29, 0.717) is 5.25 Å². The van der Waals surface area contributed by atoms with Gasteiger partial charge in [0, 0.05) is 11.1 Å². The van der Waals surface area contributed by atoms with Crippen molar-refractivity contribution in [3.8, 4) is 0 Å². The number of pyridine rings is 1. The van der Waals surface area contributed by atoms with Crippen LogP contribution in [0, 0.1) is 0 Å². The summed E-state index contributed by atoms with van der Waals surface area (Å²) in [5.41, 5.74) is 3.44. The number of thioether (sulfide) groups is 1. The van der Waals surface area contributed by atoms with Gasteiger partial charge in [-0.1, -0.05) is 18.2 Å². The Morgan fingerprint density at radius 3 is 3.06 bits per heavy atom. The highest BCUT2D eigenvalue weighted by Crippen LogP contribution is 2.45. The van der Waals surface area contributed by atoms with E-state index in [-0.39, 0.29) is 0 Å². The summed E-state index contributed by atoms with van der Waals surface area (Å²) in [6.45, 7) is 0. The summed E-state index contributed by atoms with van der Waals surface area (Å²) in [6.07, 6.45) is 4.66. The molecule has 0 saturated carbocycles. The summed E-state index contributed by atoms with van der Waals surface area (Å²) in [4.78, 5) is 13.5. The lowest BCUT2D eigenvalue weighted by molar-refractivity contribution is 0.881. The highest BCUT2D eigenvalue weighted by atomic mass is 32.2. The van der Waals surface area contributed by atoms with Crippen molar-refractivity contribution in [2.24, 2.45) is 0 Å². The number of hydrogen-bond acceptors (Lipinski definition) is 3. The van der Waals surface area contributed by atoms with Crippen molar-refractivity contribution in [2.75, 3.05) is 0 Å². The van der Waals surface area contributed by atoms with Crippen LogP contribution in [0.4, 0.5) is 0 Å². The van der Waals surface area contributed by atoms with Gasteiger partial charge in [0.05, 0.1) is 22.5 Å². The predicted octanol–water partition coefficient (Wildman–Crippen LogP) is 3.35. The van der Waals surface area contributed by atoms with Crippen LogP contribution in [0.5, 0.6) is 0 Å². The van der Waals surface area contributed by atoms with Crippen LogP contribution in [0.3, 0.4) is 0 Å². The number of benzene rings is 1. The van der Waals surface area contributed by atoms with E-state index in [1.54, 1.807) is 6.20 Å². The topological polar surface area (TPSA) is 41.6 Å². The highest BCUT2D eigenvalue weighted by molar-refractivity contribution is 7.99. The molecule has 1 unspecified atom stereocenters. The number of fused-ring (bicyclic) bond motifs is 2. The minimum atomic E-state index is 0.398. The summed E-state index contributed by atoms with van der Waals surface area (Å²) in [7, 11) is 0. The van der Waals surface area contributed by atoms with Crippen LogP contribution in [0.25, 0.3) is 11.0 Å². The first kappa shape index (κ1) is 10.1. The predicted molar refractivity (Wildman–Crippen MR) is 72.6 cm³/mol. The minimum absolute atomic E-state index is 0.398. The number of H-pyrrole nitrogens is 1. The molecule has 0 amide bonds. The van der Waals surface area contributed by atoms with Gasteiger partial charge in [0.2, 0.25) is 0 Å². The summed E-state index contributed by atoms with van der Waals surface area (Å²) >= 11 is 1.89. The van der Waals surface area contributed by atoms with E-state index >= 15 is 0 Å². The van der Waals surface area contributed by atoms with Crippen LogP contribution in [-0.2, 0) is 6.42 Å². The maximum absolute atomic E-state index is 4.66. The standard InChI is InChI=1S/C14H11N3S/c1-2-4-12-9(3-1)7-13(18-12)14-16-10-5-6-15-8-11(10)17-14/h1-6,8,13H,7H2,(H,16,17). The molecule has 0 aliphatic carbocycles. The molecule has 18 heavy (non-hydrogen) atoms. The zero-order valence-electron chi connectivity index (χ0n) is 9.63. The fraction of sp³-hybridized carbons (Fsp3) is 0.143. The molecule has 3 aromatic rings. The average Bonchev–Trinajstić information content (AvgIpc) is 3.02. The van der Waals surface area contributed by atoms with Crippen molar-refractivity contribution >= 4 is 22.8 Å². The maximum atomic E-state index is 4.66. The van der Waals surface area contributed by atoms with Crippen molar-refractivity contribution in [3.63, 3.8) is 0 Å². The van der Waals surface area contributed by atoms with Crippen molar-refractivity contribution in [2.45, 2.75) is 16.6 Å². The third kappa shape index (κ3) is 1.53. The van der Waals surface area contributed by atoms with Gasteiger partial charge in [0.1, 0.15) is 5.82 Å². The number of nitrogens with zero attached hydrogens (tertiary/aromatic N) is 2. The molecule has 0 radical (unpaired) electrons. The quantitative estimate of drug-likeness (QED) is 0.723. The van der Waals surface area contributed by atoms with Gasteiger partial charge in [-0.25, -0.2) is 4.98 Å². The molecule has 2 aromatic heterocycles. The maximum Gasteiger partial charge on any atom is 0.121 e. The Kier molecular flexibility index (Phi) is 2.17. The molecule has 4 heteroatoms. The molecule has 0 bridgehead atoms. The van der Waals surface area contributed by atoms with Gasteiger partial charge < -0.3 is 4.98 Å². The van der Waals surface area contributed by atoms with Crippen LogP contribution in [0.2, 0.25) is 0 Å². The molecule has 3 nitrogen and oxygen atoms in total. The molecule has 0 saturated heterocycles. The second-order valence-electron chi connectivity index (χ2n) is 4.43. The van der Waals surface area contributed by atoms with E-state index < -0.39 is 0 Å². The van der Waals surface area contributed by atoms with Gasteiger partial charge in [0.25, 0.3) is 0 Å². The molecule has 1 atom stereocenters. The van der Waals surface area contributed by atoms with Gasteiger partial charge in [-0.3, -0.25) is 4.98 Å². The van der Waals surface area contributed by atoms with Crippen molar-refractivity contribution in [3.05, 3.63) is 54.1 Å². The van der Waals surface area contributed by atoms with Gasteiger partial charge >= 0.3 is 0 Å². The minimum Gasteiger partial charge on any atom is -0.340 e. The van der Waals surface area contributed by atoms with Crippen LogP contribution in [0.15, 0.2) is 47.6 Å². The number of rotatable bonds is 1. The van der Waals surface area contributed by atoms with E-state index in [1.165, 1.54) is 10.5 Å². The zero-order valence-corrected chi connectivity index (χ0v) is 10.4. The molecule has 0 spiro atoms. The third-order valence-corrected chi connectivity index (χ3v) is 4.58. The molecule has 1 aliphatic heterocycles. The van der Waals surface area contributed by atoms with Gasteiger partial charge in [-0.15, -0.1) is 11.8 Å². The lowest BCUT2D eigenvalue weighted by atomic mass is 10.1. The fourth-order valence-corrected chi connectivity index (χ4v) is 3.62. The molecule has 1 aliphatic rings. The Morgan fingerprint density at radius 1 is 1.22 bits per heavy atom. The van der Waals surface area contributed by atoms with Crippen molar-refractivity contribution < 1.29 is 0 Å². The summed E-state index contributed by atoms with van der Waals surface area (Å²) in [5.74, 6) is 1.05. The summed E-state index contributed by atoms with van der Waals surface area (Å²) in [6, 6.07) is 10.5. The van der Waals surface area contributed by atoms with Crippen LogP contribution in [-0.4, -0.2) is 15.0 Å². The molecular weight excluding hydrogens is 242 g/mol. The number of hydrogen-bond donors (Lipinski definition) is 1. The molecule has 3 heterocycles. The normalized spacial score (nSPS) is 18.1. The first-order chi connectivity index (χ1) is 8.90. The van der Waals surface area contributed by atoms with Gasteiger partial charge in [-0.05, 0) is 24.1 Å². The highest BCUT2D eigenvalue weighted by Gasteiger charge is 2.25. The second kappa shape index (κ2) is 3.85. The second-order valence-corrected chi connectivity index (χ2v) is 5.68. The summed E-state index contributed by atoms with van der Waals surface area (Å²) in [5, 5.41) is 0.398. The largest absolute Gasteiger partial charge is 0.340 e. The first-order valence-electron chi connectivity index (χ1n) is 5.94. The van der Waals surface area contributed by atoms with Gasteiger partial charge in [-0.2, -0.15) is 0 Å². The van der Waals surface area contributed by atoms with E-state index in [2.05, 4.69) is 39.2 Å². The van der Waals surface area contributed by atoms with Crippen LogP contribution in [0.1, 0.15) is 16.6 Å². The number of imidazole rings is 1. The Balaban J connectivity index is 1.73. The van der Waals surface area contributed by atoms with Gasteiger partial charge in [0.15, 0.2) is 0 Å². The van der Waals surface area contributed by atoms with Crippen molar-refractivity contribution in [1.82, 2.24) is 15.0 Å². The van der Waals surface area contributed by atoms with Crippen LogP contribution >= 0.6 is 11.8 Å². The zero-order chi connectivity index (χ0) is 11.9. The molecule has 4 rings (SSSR count). The number of aromatic amines is 1. The Labute approximate surface area is 109 Å². The Bertz CT molecular complexity index is 662. The van der Waals surface area contributed by atoms with E-state index in [4.69, 9.17) is 0 Å². The van der Waals surface area contributed by atoms with Crippen molar-refractivity contribution in [1.29, 1.82) is 0 Å². The Hall–Kier alpha value is -1.81. The average molecular weight is 253 g/mol. The smallest absolute Gasteiger partial charge is 0.121 e.